The first-order valence-electron chi connectivity index (χ1n) is 7.52. The third kappa shape index (κ3) is 3.67. The Morgan fingerprint density at radius 2 is 1.86 bits per heavy atom. The fourth-order valence-electron chi connectivity index (χ4n) is 3.07. The van der Waals surface area contributed by atoms with Crippen LogP contribution in [0.5, 0.6) is 0 Å². The lowest BCUT2D eigenvalue weighted by Gasteiger charge is -2.34. The molecular formula is C16H23NO4S. The van der Waals surface area contributed by atoms with Crippen molar-refractivity contribution in [1.82, 2.24) is 4.72 Å². The number of aryl methyl sites for hydroxylation is 1. The van der Waals surface area contributed by atoms with Gasteiger partial charge in [-0.1, -0.05) is 31.0 Å². The Bertz CT molecular complexity index is 624. The van der Waals surface area contributed by atoms with E-state index in [0.29, 0.717) is 6.42 Å². The van der Waals surface area contributed by atoms with Crippen LogP contribution in [0.15, 0.2) is 29.2 Å². The Labute approximate surface area is 132 Å². The number of hydrogen-bond acceptors (Lipinski definition) is 4. The number of ether oxygens (including phenoxy) is 1. The molecule has 0 saturated heterocycles. The fraction of sp³-hybridized carbons (Fsp3) is 0.562. The van der Waals surface area contributed by atoms with Crippen LogP contribution in [-0.2, 0) is 19.6 Å². The van der Waals surface area contributed by atoms with Crippen LogP contribution in [-0.4, -0.2) is 27.5 Å². The van der Waals surface area contributed by atoms with E-state index in [0.717, 1.165) is 18.4 Å². The summed E-state index contributed by atoms with van der Waals surface area (Å²) in [5.41, 5.74) is 0.998. The maximum absolute atomic E-state index is 12.5. The third-order valence-corrected chi connectivity index (χ3v) is 5.84. The minimum Gasteiger partial charge on any atom is -0.469 e. The van der Waals surface area contributed by atoms with Crippen molar-refractivity contribution in [2.45, 2.75) is 44.0 Å². The quantitative estimate of drug-likeness (QED) is 0.862. The smallest absolute Gasteiger partial charge is 0.310 e. The Balaban J connectivity index is 2.22. The molecule has 3 atom stereocenters. The van der Waals surface area contributed by atoms with Gasteiger partial charge in [0.2, 0.25) is 10.0 Å². The van der Waals surface area contributed by atoms with Crippen molar-refractivity contribution in [1.29, 1.82) is 0 Å². The second-order valence-corrected chi connectivity index (χ2v) is 7.71. The van der Waals surface area contributed by atoms with Crippen molar-refractivity contribution in [3.63, 3.8) is 0 Å². The average Bonchev–Trinajstić information content (AvgIpc) is 2.47. The molecule has 122 valence electrons. The first-order valence-corrected chi connectivity index (χ1v) is 9.00. The summed E-state index contributed by atoms with van der Waals surface area (Å²) >= 11 is 0. The second kappa shape index (κ2) is 6.79. The van der Waals surface area contributed by atoms with Gasteiger partial charge in [-0.25, -0.2) is 13.1 Å². The molecule has 1 fully saturated rings. The van der Waals surface area contributed by atoms with Gasteiger partial charge in [-0.3, -0.25) is 4.79 Å². The minimum absolute atomic E-state index is 0.104. The Kier molecular flexibility index (Phi) is 5.24. The van der Waals surface area contributed by atoms with Crippen LogP contribution < -0.4 is 4.72 Å². The molecule has 0 aromatic heterocycles. The zero-order valence-corrected chi connectivity index (χ0v) is 14.0. The summed E-state index contributed by atoms with van der Waals surface area (Å²) < 4.78 is 32.6. The van der Waals surface area contributed by atoms with E-state index in [2.05, 4.69) is 4.72 Å². The third-order valence-electron chi connectivity index (χ3n) is 4.33. The van der Waals surface area contributed by atoms with Gasteiger partial charge in [-0.15, -0.1) is 0 Å². The van der Waals surface area contributed by atoms with E-state index in [9.17, 15) is 13.2 Å². The van der Waals surface area contributed by atoms with E-state index in [1.54, 1.807) is 24.3 Å². The van der Waals surface area contributed by atoms with Gasteiger partial charge in [-0.2, -0.15) is 0 Å². The van der Waals surface area contributed by atoms with Crippen molar-refractivity contribution in [2.75, 3.05) is 7.11 Å². The molecule has 6 heteroatoms. The number of rotatable bonds is 4. The molecule has 1 aliphatic rings. The zero-order valence-electron chi connectivity index (χ0n) is 13.2. The average molecular weight is 325 g/mol. The molecule has 1 aliphatic carbocycles. The molecule has 0 heterocycles. The molecule has 1 N–H and O–H groups in total. The molecule has 1 aromatic rings. The number of hydrogen-bond donors (Lipinski definition) is 1. The van der Waals surface area contributed by atoms with Crippen LogP contribution in [0.4, 0.5) is 0 Å². The number of esters is 1. The van der Waals surface area contributed by atoms with Gasteiger partial charge >= 0.3 is 5.97 Å². The lowest BCUT2D eigenvalue weighted by Crippen LogP contribution is -2.48. The summed E-state index contributed by atoms with van der Waals surface area (Å²) in [5, 5.41) is 0. The lowest BCUT2D eigenvalue weighted by molar-refractivity contribution is -0.149. The SMILES string of the molecule is COC(=O)[C@H]1[C@H](C)CCC[C@H]1NS(=O)(=O)c1ccc(C)cc1. The largest absolute Gasteiger partial charge is 0.469 e. The molecule has 0 aliphatic heterocycles. The van der Waals surface area contributed by atoms with Gasteiger partial charge in [0.25, 0.3) is 0 Å². The van der Waals surface area contributed by atoms with Crippen molar-refractivity contribution in [3.05, 3.63) is 29.8 Å². The van der Waals surface area contributed by atoms with Gasteiger partial charge in [0.05, 0.1) is 17.9 Å². The first kappa shape index (κ1) is 17.0. The zero-order chi connectivity index (χ0) is 16.3. The molecule has 1 saturated carbocycles. The summed E-state index contributed by atoms with van der Waals surface area (Å²) in [5.74, 6) is -0.672. The molecule has 2 rings (SSSR count). The van der Waals surface area contributed by atoms with Gasteiger partial charge in [0.15, 0.2) is 0 Å². The van der Waals surface area contributed by atoms with Crippen molar-refractivity contribution >= 4 is 16.0 Å². The number of sulfonamides is 1. The summed E-state index contributed by atoms with van der Waals surface area (Å²) in [7, 11) is -2.29. The summed E-state index contributed by atoms with van der Waals surface area (Å²) in [4.78, 5) is 12.2. The fourth-order valence-corrected chi connectivity index (χ4v) is 4.36. The normalized spacial score (nSPS) is 25.7. The highest BCUT2D eigenvalue weighted by Crippen LogP contribution is 2.32. The highest BCUT2D eigenvalue weighted by Gasteiger charge is 2.39. The van der Waals surface area contributed by atoms with E-state index in [1.165, 1.54) is 7.11 Å². The maximum Gasteiger partial charge on any atom is 0.310 e. The molecule has 0 spiro atoms. The molecule has 5 nitrogen and oxygen atoms in total. The molecule has 0 radical (unpaired) electrons. The van der Waals surface area contributed by atoms with E-state index < -0.39 is 22.0 Å². The van der Waals surface area contributed by atoms with Gasteiger partial charge in [0, 0.05) is 6.04 Å². The predicted octanol–water partition coefficient (Wildman–Crippen LogP) is 2.25. The number of benzene rings is 1. The number of carbonyl (C=O) groups excluding carboxylic acids is 1. The van der Waals surface area contributed by atoms with Crippen molar-refractivity contribution < 1.29 is 17.9 Å². The Morgan fingerprint density at radius 3 is 2.45 bits per heavy atom. The predicted molar refractivity (Wildman–Crippen MR) is 83.8 cm³/mol. The van der Waals surface area contributed by atoms with Crippen LogP contribution in [0.2, 0.25) is 0 Å². The van der Waals surface area contributed by atoms with E-state index >= 15 is 0 Å². The van der Waals surface area contributed by atoms with Crippen LogP contribution in [0.1, 0.15) is 31.7 Å². The number of methoxy groups -OCH3 is 1. The van der Waals surface area contributed by atoms with Crippen LogP contribution in [0.25, 0.3) is 0 Å². The molecule has 0 bridgehead atoms. The number of carbonyl (C=O) groups is 1. The van der Waals surface area contributed by atoms with Gasteiger partial charge in [0.1, 0.15) is 0 Å². The monoisotopic (exact) mass is 325 g/mol. The lowest BCUT2D eigenvalue weighted by atomic mass is 9.77. The summed E-state index contributed by atoms with van der Waals surface area (Å²) in [6, 6.07) is 6.27. The van der Waals surface area contributed by atoms with Crippen LogP contribution in [0.3, 0.4) is 0 Å². The van der Waals surface area contributed by atoms with E-state index in [1.807, 2.05) is 13.8 Å². The molecule has 1 aromatic carbocycles. The molecular weight excluding hydrogens is 302 g/mol. The topological polar surface area (TPSA) is 72.5 Å². The Morgan fingerprint density at radius 1 is 1.23 bits per heavy atom. The molecule has 22 heavy (non-hydrogen) atoms. The molecule has 0 amide bonds. The van der Waals surface area contributed by atoms with E-state index in [4.69, 9.17) is 4.74 Å². The number of nitrogens with one attached hydrogen (secondary N) is 1. The highest BCUT2D eigenvalue weighted by atomic mass is 32.2. The van der Waals surface area contributed by atoms with E-state index in [-0.39, 0.29) is 16.8 Å². The maximum atomic E-state index is 12.5. The van der Waals surface area contributed by atoms with Crippen molar-refractivity contribution in [2.24, 2.45) is 11.8 Å². The standard InChI is InChI=1S/C16H23NO4S/c1-11-7-9-13(10-8-11)22(19,20)17-14-6-4-5-12(2)15(14)16(18)21-3/h7-10,12,14-15,17H,4-6H2,1-3H3/t12-,14-,15+/m1/s1. The molecule has 0 unspecified atom stereocenters. The minimum atomic E-state index is -3.63. The van der Waals surface area contributed by atoms with Gasteiger partial charge < -0.3 is 4.74 Å². The summed E-state index contributed by atoms with van der Waals surface area (Å²) in [6.45, 7) is 3.87. The van der Waals surface area contributed by atoms with Gasteiger partial charge in [-0.05, 0) is 37.8 Å². The first-order chi connectivity index (χ1) is 10.3. The highest BCUT2D eigenvalue weighted by molar-refractivity contribution is 7.89. The Hall–Kier alpha value is -1.40. The van der Waals surface area contributed by atoms with Crippen LogP contribution in [0, 0.1) is 18.8 Å². The van der Waals surface area contributed by atoms with Crippen LogP contribution >= 0.6 is 0 Å². The van der Waals surface area contributed by atoms with Crippen molar-refractivity contribution in [3.8, 4) is 0 Å². The summed E-state index contributed by atoms with van der Waals surface area (Å²) in [6.07, 6.45) is 2.45. The second-order valence-electron chi connectivity index (χ2n) is 6.00.